The van der Waals surface area contributed by atoms with Crippen molar-refractivity contribution in [1.82, 2.24) is 9.80 Å². The molecule has 2 unspecified atom stereocenters. The summed E-state index contributed by atoms with van der Waals surface area (Å²) < 4.78 is 0. The molecule has 1 aliphatic carbocycles. The summed E-state index contributed by atoms with van der Waals surface area (Å²) in [6.45, 7) is 9.65. The molecule has 0 aromatic heterocycles. The molecule has 0 aromatic carbocycles. The molecule has 0 spiro atoms. The topological polar surface area (TPSA) is 32.5 Å². The third-order valence-corrected chi connectivity index (χ3v) is 5.52. The maximum Gasteiger partial charge on any atom is 0.0131 e. The molecule has 2 atom stereocenters. The van der Waals surface area contributed by atoms with Crippen molar-refractivity contribution in [2.24, 2.45) is 23.0 Å². The Morgan fingerprint density at radius 1 is 1.16 bits per heavy atom. The van der Waals surface area contributed by atoms with Gasteiger partial charge in [-0.15, -0.1) is 0 Å². The van der Waals surface area contributed by atoms with Gasteiger partial charge in [0.1, 0.15) is 0 Å². The van der Waals surface area contributed by atoms with Crippen LogP contribution in [0.25, 0.3) is 0 Å². The fraction of sp³-hybridized carbons (Fsp3) is 1.00. The Hall–Kier alpha value is -0.120. The van der Waals surface area contributed by atoms with Gasteiger partial charge < -0.3 is 15.5 Å². The van der Waals surface area contributed by atoms with Crippen LogP contribution in [0, 0.1) is 17.3 Å². The molecule has 1 saturated carbocycles. The number of hydrogen-bond acceptors (Lipinski definition) is 3. The molecule has 2 fully saturated rings. The maximum atomic E-state index is 6.42. The van der Waals surface area contributed by atoms with Gasteiger partial charge in [-0.1, -0.05) is 13.8 Å². The summed E-state index contributed by atoms with van der Waals surface area (Å²) >= 11 is 0. The lowest BCUT2D eigenvalue weighted by molar-refractivity contribution is 0.159. The van der Waals surface area contributed by atoms with E-state index >= 15 is 0 Å². The van der Waals surface area contributed by atoms with Gasteiger partial charge in [-0.2, -0.15) is 0 Å². The Morgan fingerprint density at radius 2 is 1.79 bits per heavy atom. The molecule has 0 amide bonds. The summed E-state index contributed by atoms with van der Waals surface area (Å²) in [4.78, 5) is 4.99. The van der Waals surface area contributed by atoms with Crippen molar-refractivity contribution < 1.29 is 0 Å². The number of nitrogens with zero attached hydrogens (tertiary/aromatic N) is 2. The van der Waals surface area contributed by atoms with Crippen molar-refractivity contribution in [1.29, 1.82) is 0 Å². The Kier molecular flexibility index (Phi) is 4.91. The first-order chi connectivity index (χ1) is 8.88. The van der Waals surface area contributed by atoms with Crippen LogP contribution in [0.4, 0.5) is 0 Å². The molecular weight excluding hydrogens is 234 g/mol. The minimum Gasteiger partial charge on any atom is -0.327 e. The molecule has 2 N–H and O–H groups in total. The molecular formula is C16H33N3. The van der Waals surface area contributed by atoms with E-state index in [0.717, 1.165) is 5.92 Å². The number of piperidine rings is 1. The lowest BCUT2D eigenvalue weighted by Gasteiger charge is -2.34. The minimum absolute atomic E-state index is 0.346. The second-order valence-electron chi connectivity index (χ2n) is 7.78. The lowest BCUT2D eigenvalue weighted by Crippen LogP contribution is -2.43. The highest BCUT2D eigenvalue weighted by Crippen LogP contribution is 2.40. The van der Waals surface area contributed by atoms with E-state index in [-0.39, 0.29) is 0 Å². The zero-order chi connectivity index (χ0) is 14.0. The summed E-state index contributed by atoms with van der Waals surface area (Å²) in [5.74, 6) is 1.60. The Morgan fingerprint density at radius 3 is 2.32 bits per heavy atom. The van der Waals surface area contributed by atoms with Gasteiger partial charge in [0, 0.05) is 19.1 Å². The second kappa shape index (κ2) is 6.11. The van der Waals surface area contributed by atoms with E-state index in [0.29, 0.717) is 17.4 Å². The van der Waals surface area contributed by atoms with E-state index < -0.39 is 0 Å². The first-order valence-corrected chi connectivity index (χ1v) is 8.01. The van der Waals surface area contributed by atoms with Crippen LogP contribution >= 0.6 is 0 Å². The van der Waals surface area contributed by atoms with Gasteiger partial charge >= 0.3 is 0 Å². The van der Waals surface area contributed by atoms with Crippen molar-refractivity contribution in [3.63, 3.8) is 0 Å². The van der Waals surface area contributed by atoms with Crippen molar-refractivity contribution in [3.05, 3.63) is 0 Å². The number of nitrogens with two attached hydrogens (primary N) is 1. The molecule has 112 valence electrons. The molecule has 0 bridgehead atoms. The van der Waals surface area contributed by atoms with E-state index in [1.54, 1.807) is 0 Å². The van der Waals surface area contributed by atoms with Crippen molar-refractivity contribution in [2.45, 2.75) is 45.6 Å². The van der Waals surface area contributed by atoms with Crippen LogP contribution in [0.2, 0.25) is 0 Å². The molecule has 3 heteroatoms. The molecule has 2 rings (SSSR count). The third kappa shape index (κ3) is 3.93. The number of likely N-dealkylation sites (tertiary alicyclic amines) is 1. The van der Waals surface area contributed by atoms with Gasteiger partial charge in [0.2, 0.25) is 0 Å². The van der Waals surface area contributed by atoms with E-state index in [1.807, 2.05) is 0 Å². The highest BCUT2D eigenvalue weighted by atomic mass is 15.1. The molecule has 0 radical (unpaired) electrons. The van der Waals surface area contributed by atoms with Crippen molar-refractivity contribution in [3.8, 4) is 0 Å². The quantitative estimate of drug-likeness (QED) is 0.846. The predicted molar refractivity (Wildman–Crippen MR) is 82.2 cm³/mol. The van der Waals surface area contributed by atoms with Gasteiger partial charge in [-0.25, -0.2) is 0 Å². The second-order valence-corrected chi connectivity index (χ2v) is 7.78. The van der Waals surface area contributed by atoms with E-state index in [2.05, 4.69) is 37.7 Å². The third-order valence-electron chi connectivity index (χ3n) is 5.52. The van der Waals surface area contributed by atoms with E-state index in [4.69, 9.17) is 5.73 Å². The zero-order valence-electron chi connectivity index (χ0n) is 13.4. The van der Waals surface area contributed by atoms with Crippen LogP contribution in [-0.4, -0.2) is 56.1 Å². The Balaban J connectivity index is 1.74. The largest absolute Gasteiger partial charge is 0.327 e. The Labute approximate surface area is 119 Å². The predicted octanol–water partition coefficient (Wildman–Crippen LogP) is 2.02. The van der Waals surface area contributed by atoms with Crippen LogP contribution in [0.15, 0.2) is 0 Å². The average Bonchev–Trinajstić information content (AvgIpc) is 2.59. The normalized spacial score (nSPS) is 33.2. The summed E-state index contributed by atoms with van der Waals surface area (Å²) in [6.07, 6.45) is 5.33. The number of rotatable bonds is 4. The first kappa shape index (κ1) is 15.3. The zero-order valence-corrected chi connectivity index (χ0v) is 13.4. The molecule has 3 nitrogen and oxygen atoms in total. The van der Waals surface area contributed by atoms with Crippen LogP contribution in [0.5, 0.6) is 0 Å². The maximum absolute atomic E-state index is 6.42. The van der Waals surface area contributed by atoms with Crippen LogP contribution in [-0.2, 0) is 0 Å². The summed E-state index contributed by atoms with van der Waals surface area (Å²) in [6, 6.07) is 0.382. The molecule has 1 aliphatic heterocycles. The van der Waals surface area contributed by atoms with Crippen LogP contribution in [0.1, 0.15) is 39.5 Å². The fourth-order valence-corrected chi connectivity index (χ4v) is 3.91. The first-order valence-electron chi connectivity index (χ1n) is 8.01. The van der Waals surface area contributed by atoms with Gasteiger partial charge in [0.15, 0.2) is 0 Å². The smallest absolute Gasteiger partial charge is 0.0131 e. The summed E-state index contributed by atoms with van der Waals surface area (Å²) in [7, 11) is 4.52. The SMILES string of the molecule is CN1CCC(CN(C)CC2CCC(C)(C)C2N)CC1. The average molecular weight is 267 g/mol. The van der Waals surface area contributed by atoms with Crippen molar-refractivity contribution in [2.75, 3.05) is 40.3 Å². The van der Waals surface area contributed by atoms with E-state index in [9.17, 15) is 0 Å². The number of hydrogen-bond donors (Lipinski definition) is 1. The van der Waals surface area contributed by atoms with Gasteiger partial charge in [-0.05, 0) is 70.1 Å². The highest BCUT2D eigenvalue weighted by molar-refractivity contribution is 4.95. The molecule has 1 saturated heterocycles. The van der Waals surface area contributed by atoms with Crippen LogP contribution in [0.3, 0.4) is 0 Å². The van der Waals surface area contributed by atoms with Gasteiger partial charge in [-0.3, -0.25) is 0 Å². The van der Waals surface area contributed by atoms with Crippen LogP contribution < -0.4 is 5.73 Å². The highest BCUT2D eigenvalue weighted by Gasteiger charge is 2.39. The lowest BCUT2D eigenvalue weighted by atomic mass is 9.85. The minimum atomic E-state index is 0.346. The van der Waals surface area contributed by atoms with Gasteiger partial charge in [0.05, 0.1) is 0 Å². The molecule has 2 aliphatic rings. The molecule has 0 aromatic rings. The standard InChI is InChI=1S/C16H33N3/c1-16(2)8-5-14(15(16)17)12-19(4)11-13-6-9-18(3)10-7-13/h13-15H,5-12,17H2,1-4H3. The summed E-state index contributed by atoms with van der Waals surface area (Å²) in [5, 5.41) is 0. The van der Waals surface area contributed by atoms with Gasteiger partial charge in [0.25, 0.3) is 0 Å². The van der Waals surface area contributed by atoms with Crippen molar-refractivity contribution >= 4 is 0 Å². The van der Waals surface area contributed by atoms with E-state index in [1.165, 1.54) is 51.9 Å². The summed E-state index contributed by atoms with van der Waals surface area (Å²) in [5.41, 5.74) is 6.77. The molecule has 19 heavy (non-hydrogen) atoms. The monoisotopic (exact) mass is 267 g/mol. The molecule has 1 heterocycles. The Bertz CT molecular complexity index is 282. The fourth-order valence-electron chi connectivity index (χ4n) is 3.91.